The lowest BCUT2D eigenvalue weighted by Gasteiger charge is -2.01. The van der Waals surface area contributed by atoms with Crippen LogP contribution in [0.4, 0.5) is 4.39 Å². The van der Waals surface area contributed by atoms with E-state index >= 15 is 0 Å². The van der Waals surface area contributed by atoms with Gasteiger partial charge in [0.25, 0.3) is 0 Å². The number of allylic oxidation sites excluding steroid dienone is 1. The van der Waals surface area contributed by atoms with E-state index in [2.05, 4.69) is 6.58 Å². The summed E-state index contributed by atoms with van der Waals surface area (Å²) in [6.07, 6.45) is 6.78. The largest absolute Gasteiger partial charge is 0.207 e. The molecule has 2 heteroatoms. The molecule has 15 heavy (non-hydrogen) atoms. The van der Waals surface area contributed by atoms with Crippen LogP contribution in [0.1, 0.15) is 25.7 Å². The van der Waals surface area contributed by atoms with E-state index in [-0.39, 0.29) is 5.82 Å². The van der Waals surface area contributed by atoms with Crippen molar-refractivity contribution >= 4 is 11.8 Å². The molecule has 0 radical (unpaired) electrons. The van der Waals surface area contributed by atoms with E-state index in [4.69, 9.17) is 0 Å². The Balaban J connectivity index is 2.09. The summed E-state index contributed by atoms with van der Waals surface area (Å²) >= 11 is 1.79. The fraction of sp³-hybridized carbons (Fsp3) is 0.385. The van der Waals surface area contributed by atoms with Gasteiger partial charge in [-0.05, 0) is 49.3 Å². The second-order valence-corrected chi connectivity index (χ2v) is 4.61. The Bertz CT molecular complexity index is 279. The number of rotatable bonds is 7. The quantitative estimate of drug-likeness (QED) is 0.368. The molecule has 1 aromatic rings. The summed E-state index contributed by atoms with van der Waals surface area (Å²) in [7, 11) is 0. The van der Waals surface area contributed by atoms with Crippen LogP contribution in [-0.4, -0.2) is 5.75 Å². The van der Waals surface area contributed by atoms with E-state index in [0.717, 1.165) is 17.1 Å². The SMILES string of the molecule is C=CCCCCCSc1ccc(F)cc1. The minimum Gasteiger partial charge on any atom is -0.207 e. The molecule has 0 unspecified atom stereocenters. The van der Waals surface area contributed by atoms with Crippen molar-refractivity contribution in [1.29, 1.82) is 0 Å². The molecular formula is C13H17FS. The van der Waals surface area contributed by atoms with Gasteiger partial charge in [-0.1, -0.05) is 12.5 Å². The highest BCUT2D eigenvalue weighted by atomic mass is 32.2. The molecule has 0 fully saturated rings. The lowest BCUT2D eigenvalue weighted by Crippen LogP contribution is -1.81. The molecule has 1 rings (SSSR count). The topological polar surface area (TPSA) is 0 Å². The van der Waals surface area contributed by atoms with Gasteiger partial charge in [-0.2, -0.15) is 0 Å². The van der Waals surface area contributed by atoms with Crippen LogP contribution in [-0.2, 0) is 0 Å². The molecule has 82 valence electrons. The van der Waals surface area contributed by atoms with E-state index in [0.29, 0.717) is 0 Å². The molecule has 0 aliphatic rings. The zero-order valence-electron chi connectivity index (χ0n) is 8.92. The predicted molar refractivity (Wildman–Crippen MR) is 65.8 cm³/mol. The lowest BCUT2D eigenvalue weighted by atomic mass is 10.2. The van der Waals surface area contributed by atoms with Crippen LogP contribution in [0.15, 0.2) is 41.8 Å². The summed E-state index contributed by atoms with van der Waals surface area (Å²) in [5.41, 5.74) is 0. The van der Waals surface area contributed by atoms with E-state index < -0.39 is 0 Å². The van der Waals surface area contributed by atoms with Crippen LogP contribution in [0, 0.1) is 5.82 Å². The number of hydrogen-bond donors (Lipinski definition) is 0. The number of halogens is 1. The lowest BCUT2D eigenvalue weighted by molar-refractivity contribution is 0.626. The Morgan fingerprint density at radius 1 is 1.13 bits per heavy atom. The minimum absolute atomic E-state index is 0.162. The molecule has 0 bridgehead atoms. The average molecular weight is 224 g/mol. The van der Waals surface area contributed by atoms with Crippen molar-refractivity contribution < 1.29 is 4.39 Å². The van der Waals surface area contributed by atoms with Gasteiger partial charge in [0, 0.05) is 4.90 Å². The highest BCUT2D eigenvalue weighted by Gasteiger charge is 1.94. The average Bonchev–Trinajstić information content (AvgIpc) is 2.26. The second-order valence-electron chi connectivity index (χ2n) is 3.44. The maximum absolute atomic E-state index is 12.6. The number of unbranched alkanes of at least 4 members (excludes halogenated alkanes) is 3. The van der Waals surface area contributed by atoms with E-state index in [1.54, 1.807) is 11.8 Å². The third-order valence-electron chi connectivity index (χ3n) is 2.13. The van der Waals surface area contributed by atoms with E-state index in [1.165, 1.54) is 31.4 Å². The fourth-order valence-electron chi connectivity index (χ4n) is 1.29. The van der Waals surface area contributed by atoms with Gasteiger partial charge < -0.3 is 0 Å². The Hall–Kier alpha value is -0.760. The number of benzene rings is 1. The van der Waals surface area contributed by atoms with Gasteiger partial charge in [-0.3, -0.25) is 0 Å². The van der Waals surface area contributed by atoms with Crippen LogP contribution in [0.2, 0.25) is 0 Å². The molecule has 0 saturated carbocycles. The van der Waals surface area contributed by atoms with Crippen molar-refractivity contribution in [2.24, 2.45) is 0 Å². The summed E-state index contributed by atoms with van der Waals surface area (Å²) < 4.78 is 12.6. The molecule has 0 N–H and O–H groups in total. The van der Waals surface area contributed by atoms with Crippen molar-refractivity contribution in [3.63, 3.8) is 0 Å². The molecule has 0 aliphatic carbocycles. The Labute approximate surface area is 95.6 Å². The van der Waals surface area contributed by atoms with Crippen LogP contribution in [0.25, 0.3) is 0 Å². The molecular weight excluding hydrogens is 207 g/mol. The molecule has 0 aliphatic heterocycles. The van der Waals surface area contributed by atoms with Crippen molar-refractivity contribution in [1.82, 2.24) is 0 Å². The van der Waals surface area contributed by atoms with Crippen molar-refractivity contribution in [3.05, 3.63) is 42.7 Å². The molecule has 0 saturated heterocycles. The Morgan fingerprint density at radius 2 is 1.87 bits per heavy atom. The third kappa shape index (κ3) is 5.63. The number of hydrogen-bond acceptors (Lipinski definition) is 1. The van der Waals surface area contributed by atoms with Gasteiger partial charge in [-0.25, -0.2) is 4.39 Å². The highest BCUT2D eigenvalue weighted by Crippen LogP contribution is 2.19. The molecule has 0 aromatic heterocycles. The molecule has 1 aromatic carbocycles. The highest BCUT2D eigenvalue weighted by molar-refractivity contribution is 7.99. The fourth-order valence-corrected chi connectivity index (χ4v) is 2.20. The third-order valence-corrected chi connectivity index (χ3v) is 3.23. The van der Waals surface area contributed by atoms with Gasteiger partial charge >= 0.3 is 0 Å². The van der Waals surface area contributed by atoms with Crippen LogP contribution in [0.3, 0.4) is 0 Å². The van der Waals surface area contributed by atoms with Gasteiger partial charge in [0.1, 0.15) is 5.82 Å². The first-order valence-corrected chi connectivity index (χ1v) is 6.31. The molecule has 0 nitrogen and oxygen atoms in total. The Morgan fingerprint density at radius 3 is 2.53 bits per heavy atom. The smallest absolute Gasteiger partial charge is 0.123 e. The standard InChI is InChI=1S/C13H17FS/c1-2-3-4-5-6-11-15-13-9-7-12(14)8-10-13/h2,7-10H,1,3-6,11H2. The van der Waals surface area contributed by atoms with Crippen LogP contribution in [0.5, 0.6) is 0 Å². The maximum Gasteiger partial charge on any atom is 0.123 e. The predicted octanol–water partition coefficient (Wildman–Crippen LogP) is 4.66. The molecule has 0 amide bonds. The maximum atomic E-state index is 12.6. The van der Waals surface area contributed by atoms with Gasteiger partial charge in [0.2, 0.25) is 0 Å². The summed E-state index contributed by atoms with van der Waals surface area (Å²) in [5.74, 6) is 0.952. The van der Waals surface area contributed by atoms with E-state index in [1.807, 2.05) is 18.2 Å². The van der Waals surface area contributed by atoms with Crippen LogP contribution < -0.4 is 0 Å². The van der Waals surface area contributed by atoms with E-state index in [9.17, 15) is 4.39 Å². The first-order chi connectivity index (χ1) is 7.33. The normalized spacial score (nSPS) is 10.2. The summed E-state index contributed by atoms with van der Waals surface area (Å²) in [4.78, 5) is 1.15. The summed E-state index contributed by atoms with van der Waals surface area (Å²) in [6.45, 7) is 3.69. The van der Waals surface area contributed by atoms with Crippen LogP contribution >= 0.6 is 11.8 Å². The zero-order chi connectivity index (χ0) is 10.9. The Kier molecular flexibility index (Phi) is 6.17. The first kappa shape index (κ1) is 12.3. The van der Waals surface area contributed by atoms with Gasteiger partial charge in [-0.15, -0.1) is 18.3 Å². The molecule has 0 heterocycles. The zero-order valence-corrected chi connectivity index (χ0v) is 9.73. The van der Waals surface area contributed by atoms with Crippen molar-refractivity contribution in [2.45, 2.75) is 30.6 Å². The van der Waals surface area contributed by atoms with Gasteiger partial charge in [0.05, 0.1) is 0 Å². The number of thioether (sulfide) groups is 1. The monoisotopic (exact) mass is 224 g/mol. The van der Waals surface area contributed by atoms with Crippen molar-refractivity contribution in [2.75, 3.05) is 5.75 Å². The summed E-state index contributed by atoms with van der Waals surface area (Å²) in [6, 6.07) is 6.70. The molecule has 0 spiro atoms. The van der Waals surface area contributed by atoms with Gasteiger partial charge in [0.15, 0.2) is 0 Å². The second kappa shape index (κ2) is 7.52. The molecule has 0 atom stereocenters. The minimum atomic E-state index is -0.162. The first-order valence-electron chi connectivity index (χ1n) is 5.32. The summed E-state index contributed by atoms with van der Waals surface area (Å²) in [5, 5.41) is 0. The van der Waals surface area contributed by atoms with Crippen molar-refractivity contribution in [3.8, 4) is 0 Å².